The molecular formula is C11H12ClNO3S. The molecule has 0 radical (unpaired) electrons. The van der Waals surface area contributed by atoms with Crippen LogP contribution in [0.4, 0.5) is 0 Å². The van der Waals surface area contributed by atoms with Crippen LogP contribution in [0.25, 0.3) is 0 Å². The molecule has 0 spiro atoms. The summed E-state index contributed by atoms with van der Waals surface area (Å²) in [6, 6.07) is 0.938. The Hall–Kier alpha value is -1.07. The van der Waals surface area contributed by atoms with Crippen molar-refractivity contribution < 1.29 is 14.7 Å². The summed E-state index contributed by atoms with van der Waals surface area (Å²) in [5, 5.41) is 11.2. The fourth-order valence-electron chi connectivity index (χ4n) is 2.01. The fraction of sp³-hybridized carbons (Fsp3) is 0.455. The molecule has 4 nitrogen and oxygen atoms in total. The van der Waals surface area contributed by atoms with Crippen LogP contribution < -0.4 is 0 Å². The van der Waals surface area contributed by atoms with E-state index in [2.05, 4.69) is 0 Å². The summed E-state index contributed by atoms with van der Waals surface area (Å²) in [5.74, 6) is -1.21. The number of carbonyl (C=O) groups is 2. The quantitative estimate of drug-likeness (QED) is 0.901. The highest BCUT2D eigenvalue weighted by molar-refractivity contribution is 7.12. The van der Waals surface area contributed by atoms with Gasteiger partial charge in [0.25, 0.3) is 5.91 Å². The maximum atomic E-state index is 12.2. The molecule has 0 saturated carbocycles. The van der Waals surface area contributed by atoms with E-state index in [4.69, 9.17) is 16.7 Å². The summed E-state index contributed by atoms with van der Waals surface area (Å²) in [4.78, 5) is 25.1. The van der Waals surface area contributed by atoms with Crippen molar-refractivity contribution in [2.24, 2.45) is 0 Å². The van der Waals surface area contributed by atoms with Gasteiger partial charge in [-0.1, -0.05) is 11.6 Å². The zero-order valence-electron chi connectivity index (χ0n) is 9.06. The molecule has 1 aliphatic rings. The second-order valence-electron chi connectivity index (χ2n) is 3.95. The molecular weight excluding hydrogens is 262 g/mol. The number of nitrogens with zero attached hydrogens (tertiary/aromatic N) is 1. The minimum absolute atomic E-state index is 0.267. The number of rotatable bonds is 2. The maximum absolute atomic E-state index is 12.2. The molecule has 1 aromatic heterocycles. The van der Waals surface area contributed by atoms with E-state index in [0.29, 0.717) is 22.9 Å². The highest BCUT2D eigenvalue weighted by Crippen LogP contribution is 2.27. The van der Waals surface area contributed by atoms with Crippen LogP contribution in [0.1, 0.15) is 28.9 Å². The average Bonchev–Trinajstić information content (AvgIpc) is 2.74. The molecule has 17 heavy (non-hydrogen) atoms. The Kier molecular flexibility index (Phi) is 3.69. The number of hydrogen-bond acceptors (Lipinski definition) is 3. The van der Waals surface area contributed by atoms with Crippen molar-refractivity contribution in [1.82, 2.24) is 4.90 Å². The molecule has 1 fully saturated rings. The number of halogens is 1. The minimum atomic E-state index is -0.939. The molecule has 1 saturated heterocycles. The largest absolute Gasteiger partial charge is 0.480 e. The highest BCUT2D eigenvalue weighted by atomic mass is 35.5. The van der Waals surface area contributed by atoms with Crippen LogP contribution in [0.2, 0.25) is 5.02 Å². The van der Waals surface area contributed by atoms with Crippen LogP contribution in [0, 0.1) is 0 Å². The van der Waals surface area contributed by atoms with Gasteiger partial charge in [-0.3, -0.25) is 4.79 Å². The molecule has 2 heterocycles. The van der Waals surface area contributed by atoms with Crippen molar-refractivity contribution in [3.8, 4) is 0 Å². The first kappa shape index (κ1) is 12.4. The summed E-state index contributed by atoms with van der Waals surface area (Å²) in [6.07, 6.45) is 2.21. The number of carbonyl (C=O) groups excluding carboxylic acids is 1. The molecule has 1 amide bonds. The lowest BCUT2D eigenvalue weighted by Gasteiger charge is -2.32. The standard InChI is InChI=1S/C11H12ClNO3S/c12-7-4-6-17-9(7)10(14)13-5-2-1-3-8(13)11(15)16/h4,6,8H,1-3,5H2,(H,15,16)/t8-/m0/s1. The van der Waals surface area contributed by atoms with Crippen molar-refractivity contribution in [3.63, 3.8) is 0 Å². The Morgan fingerprint density at radius 1 is 1.47 bits per heavy atom. The van der Waals surface area contributed by atoms with Crippen molar-refractivity contribution in [3.05, 3.63) is 21.3 Å². The first-order valence-corrected chi connectivity index (χ1v) is 6.64. The molecule has 0 bridgehead atoms. The van der Waals surface area contributed by atoms with Crippen LogP contribution in [0.15, 0.2) is 11.4 Å². The number of carboxylic acids is 1. The van der Waals surface area contributed by atoms with Crippen LogP contribution in [-0.2, 0) is 4.79 Å². The molecule has 2 rings (SSSR count). The number of amides is 1. The van der Waals surface area contributed by atoms with Crippen molar-refractivity contribution in [2.45, 2.75) is 25.3 Å². The van der Waals surface area contributed by atoms with E-state index < -0.39 is 12.0 Å². The number of carboxylic acid groups (broad SMARTS) is 1. The highest BCUT2D eigenvalue weighted by Gasteiger charge is 2.33. The SMILES string of the molecule is O=C(O)[C@@H]1CCCCN1C(=O)c1sccc1Cl. The van der Waals surface area contributed by atoms with Crippen molar-refractivity contribution >= 4 is 34.8 Å². The lowest BCUT2D eigenvalue weighted by atomic mass is 10.0. The van der Waals surface area contributed by atoms with Gasteiger partial charge < -0.3 is 10.0 Å². The summed E-state index contributed by atoms with van der Waals surface area (Å²) in [7, 11) is 0. The van der Waals surface area contributed by atoms with E-state index in [1.165, 1.54) is 16.2 Å². The molecule has 6 heteroatoms. The van der Waals surface area contributed by atoms with Crippen LogP contribution in [-0.4, -0.2) is 34.5 Å². The van der Waals surface area contributed by atoms with Gasteiger partial charge >= 0.3 is 5.97 Å². The molecule has 1 N–H and O–H groups in total. The number of thiophene rings is 1. The third-order valence-corrected chi connectivity index (χ3v) is 4.19. The van der Waals surface area contributed by atoms with Gasteiger partial charge in [0.15, 0.2) is 0 Å². The van der Waals surface area contributed by atoms with Gasteiger partial charge in [-0.2, -0.15) is 0 Å². The Morgan fingerprint density at radius 2 is 2.24 bits per heavy atom. The van der Waals surface area contributed by atoms with Crippen LogP contribution >= 0.6 is 22.9 Å². The molecule has 0 aliphatic carbocycles. The predicted octanol–water partition coefficient (Wildman–Crippen LogP) is 2.48. The summed E-state index contributed by atoms with van der Waals surface area (Å²) >= 11 is 7.15. The zero-order valence-corrected chi connectivity index (χ0v) is 10.6. The van der Waals surface area contributed by atoms with E-state index in [1.54, 1.807) is 11.4 Å². The summed E-state index contributed by atoms with van der Waals surface area (Å²) in [5.41, 5.74) is 0. The van der Waals surface area contributed by atoms with Gasteiger partial charge in [0, 0.05) is 6.54 Å². The smallest absolute Gasteiger partial charge is 0.326 e. The molecule has 92 valence electrons. The second kappa shape index (κ2) is 5.06. The lowest BCUT2D eigenvalue weighted by molar-refractivity contribution is -0.143. The van der Waals surface area contributed by atoms with Gasteiger partial charge in [0.2, 0.25) is 0 Å². The molecule has 1 atom stereocenters. The number of aliphatic carboxylic acids is 1. The Labute approximate surface area is 108 Å². The van der Waals surface area contributed by atoms with E-state index in [0.717, 1.165) is 12.8 Å². The Bertz CT molecular complexity index is 446. The van der Waals surface area contributed by atoms with Gasteiger partial charge in [-0.15, -0.1) is 11.3 Å². The Balaban J connectivity index is 2.23. The van der Waals surface area contributed by atoms with Gasteiger partial charge in [-0.05, 0) is 30.7 Å². The van der Waals surface area contributed by atoms with Crippen molar-refractivity contribution in [2.75, 3.05) is 6.54 Å². The first-order valence-electron chi connectivity index (χ1n) is 5.38. The van der Waals surface area contributed by atoms with Crippen molar-refractivity contribution in [1.29, 1.82) is 0 Å². The van der Waals surface area contributed by atoms with Gasteiger partial charge in [0.1, 0.15) is 10.9 Å². The third-order valence-electron chi connectivity index (χ3n) is 2.86. The molecule has 1 aromatic rings. The van der Waals surface area contributed by atoms with Crippen LogP contribution in [0.5, 0.6) is 0 Å². The van der Waals surface area contributed by atoms with Gasteiger partial charge in [-0.25, -0.2) is 4.79 Å². The van der Waals surface area contributed by atoms with E-state index in [-0.39, 0.29) is 5.91 Å². The second-order valence-corrected chi connectivity index (χ2v) is 5.27. The predicted molar refractivity (Wildman–Crippen MR) is 65.6 cm³/mol. The molecule has 1 aliphatic heterocycles. The summed E-state index contributed by atoms with van der Waals surface area (Å²) in [6.45, 7) is 0.490. The van der Waals surface area contributed by atoms with Crippen LogP contribution in [0.3, 0.4) is 0 Å². The van der Waals surface area contributed by atoms with Gasteiger partial charge in [0.05, 0.1) is 5.02 Å². The topological polar surface area (TPSA) is 57.6 Å². The van der Waals surface area contributed by atoms with E-state index in [1.807, 2.05) is 0 Å². The normalized spacial score (nSPS) is 20.3. The summed E-state index contributed by atoms with van der Waals surface area (Å²) < 4.78 is 0. The third kappa shape index (κ3) is 2.45. The number of hydrogen-bond donors (Lipinski definition) is 1. The fourth-order valence-corrected chi connectivity index (χ4v) is 3.10. The lowest BCUT2D eigenvalue weighted by Crippen LogP contribution is -2.47. The average molecular weight is 274 g/mol. The number of likely N-dealkylation sites (tertiary alicyclic amines) is 1. The first-order chi connectivity index (χ1) is 8.11. The number of piperidine rings is 1. The monoisotopic (exact) mass is 273 g/mol. The van der Waals surface area contributed by atoms with E-state index >= 15 is 0 Å². The zero-order chi connectivity index (χ0) is 12.4. The minimum Gasteiger partial charge on any atom is -0.480 e. The van der Waals surface area contributed by atoms with E-state index in [9.17, 15) is 9.59 Å². The Morgan fingerprint density at radius 3 is 2.82 bits per heavy atom. The maximum Gasteiger partial charge on any atom is 0.326 e. The molecule has 0 unspecified atom stereocenters. The molecule has 0 aromatic carbocycles.